The van der Waals surface area contributed by atoms with Gasteiger partial charge < -0.3 is 9.94 Å². The fourth-order valence-corrected chi connectivity index (χ4v) is 2.48. The Morgan fingerprint density at radius 1 is 1.40 bits per heavy atom. The van der Waals surface area contributed by atoms with Crippen molar-refractivity contribution in [1.29, 1.82) is 0 Å². The largest absolute Gasteiger partial charge is 0.496 e. The molecule has 0 aliphatic rings. The zero-order valence-corrected chi connectivity index (χ0v) is 13.0. The van der Waals surface area contributed by atoms with Crippen LogP contribution >= 0.6 is 27.5 Å². The molecule has 0 bridgehead atoms. The fourth-order valence-electron chi connectivity index (χ4n) is 1.76. The molecular formula is C14H12BrClN2O2. The van der Waals surface area contributed by atoms with E-state index < -0.39 is 0 Å². The van der Waals surface area contributed by atoms with Gasteiger partial charge in [0, 0.05) is 17.7 Å². The van der Waals surface area contributed by atoms with Crippen LogP contribution in [0.3, 0.4) is 0 Å². The highest BCUT2D eigenvalue weighted by Crippen LogP contribution is 2.26. The van der Waals surface area contributed by atoms with Crippen LogP contribution in [0.1, 0.15) is 11.3 Å². The molecule has 2 rings (SSSR count). The standard InChI is InChI=1S/C14H12BrClN2O2/c1-20-13-6-5-9(7-11(13)15)12(18-19)8-10-3-2-4-14(16)17-10/h2-7,19H,8H2,1H3. The molecular weight excluding hydrogens is 344 g/mol. The lowest BCUT2D eigenvalue weighted by molar-refractivity contribution is 0.318. The summed E-state index contributed by atoms with van der Waals surface area (Å²) in [5.41, 5.74) is 2.02. The number of aromatic nitrogens is 1. The zero-order valence-electron chi connectivity index (χ0n) is 10.7. The number of oxime groups is 1. The summed E-state index contributed by atoms with van der Waals surface area (Å²) >= 11 is 9.25. The van der Waals surface area contributed by atoms with E-state index in [1.54, 1.807) is 19.2 Å². The molecule has 104 valence electrons. The molecule has 0 saturated carbocycles. The third kappa shape index (κ3) is 3.49. The van der Waals surface area contributed by atoms with E-state index in [9.17, 15) is 5.21 Å². The number of nitrogens with zero attached hydrogens (tertiary/aromatic N) is 2. The molecule has 0 saturated heterocycles. The highest BCUT2D eigenvalue weighted by atomic mass is 79.9. The highest BCUT2D eigenvalue weighted by Gasteiger charge is 2.10. The molecule has 1 N–H and O–H groups in total. The molecule has 0 unspecified atom stereocenters. The van der Waals surface area contributed by atoms with Crippen molar-refractivity contribution in [3.05, 3.63) is 57.3 Å². The Kier molecular flexibility index (Phi) is 4.98. The topological polar surface area (TPSA) is 54.7 Å². The minimum absolute atomic E-state index is 0.385. The second-order valence-electron chi connectivity index (χ2n) is 4.02. The van der Waals surface area contributed by atoms with Crippen LogP contribution in [0, 0.1) is 0 Å². The fraction of sp³-hybridized carbons (Fsp3) is 0.143. The average molecular weight is 356 g/mol. The van der Waals surface area contributed by atoms with Gasteiger partial charge in [0.2, 0.25) is 0 Å². The van der Waals surface area contributed by atoms with Crippen molar-refractivity contribution >= 4 is 33.2 Å². The molecule has 0 amide bonds. The predicted octanol–water partition coefficient (Wildman–Crippen LogP) is 3.93. The van der Waals surface area contributed by atoms with E-state index in [0.29, 0.717) is 23.0 Å². The number of halogens is 2. The van der Waals surface area contributed by atoms with Crippen LogP contribution in [0.15, 0.2) is 46.0 Å². The van der Waals surface area contributed by atoms with Crippen LogP contribution < -0.4 is 4.74 Å². The number of hydrogen-bond donors (Lipinski definition) is 1. The van der Waals surface area contributed by atoms with Crippen molar-refractivity contribution in [2.24, 2.45) is 5.16 Å². The zero-order chi connectivity index (χ0) is 14.5. The molecule has 0 aliphatic carbocycles. The number of benzene rings is 1. The van der Waals surface area contributed by atoms with Crippen molar-refractivity contribution in [2.45, 2.75) is 6.42 Å². The molecule has 4 nitrogen and oxygen atoms in total. The summed E-state index contributed by atoms with van der Waals surface area (Å²) < 4.78 is 5.96. The van der Waals surface area contributed by atoms with Gasteiger partial charge in [-0.15, -0.1) is 0 Å². The Labute approximate surface area is 130 Å². The lowest BCUT2D eigenvalue weighted by Crippen LogP contribution is -2.07. The van der Waals surface area contributed by atoms with Gasteiger partial charge in [-0.3, -0.25) is 0 Å². The van der Waals surface area contributed by atoms with Gasteiger partial charge in [0.1, 0.15) is 10.9 Å². The second kappa shape index (κ2) is 6.72. The van der Waals surface area contributed by atoms with Gasteiger partial charge in [0.15, 0.2) is 0 Å². The van der Waals surface area contributed by atoms with Crippen LogP contribution in [-0.2, 0) is 6.42 Å². The Bertz CT molecular complexity index is 647. The van der Waals surface area contributed by atoms with E-state index in [-0.39, 0.29) is 0 Å². The van der Waals surface area contributed by atoms with Crippen LogP contribution in [-0.4, -0.2) is 23.0 Å². The quantitative estimate of drug-likeness (QED) is 0.391. The van der Waals surface area contributed by atoms with Gasteiger partial charge in [-0.2, -0.15) is 0 Å². The minimum atomic E-state index is 0.385. The Morgan fingerprint density at radius 2 is 2.20 bits per heavy atom. The van der Waals surface area contributed by atoms with Gasteiger partial charge in [0.05, 0.1) is 17.3 Å². The molecule has 0 spiro atoms. The van der Waals surface area contributed by atoms with Crippen molar-refractivity contribution in [2.75, 3.05) is 7.11 Å². The van der Waals surface area contributed by atoms with Crippen LogP contribution in [0.5, 0.6) is 5.75 Å². The van der Waals surface area contributed by atoms with E-state index in [4.69, 9.17) is 16.3 Å². The molecule has 0 atom stereocenters. The maximum Gasteiger partial charge on any atom is 0.133 e. The number of pyridine rings is 1. The first-order valence-electron chi connectivity index (χ1n) is 5.80. The van der Waals surface area contributed by atoms with Gasteiger partial charge in [-0.1, -0.05) is 22.8 Å². The van der Waals surface area contributed by atoms with E-state index in [1.807, 2.05) is 24.3 Å². The van der Waals surface area contributed by atoms with Crippen molar-refractivity contribution < 1.29 is 9.94 Å². The molecule has 1 aromatic carbocycles. The summed E-state index contributed by atoms with van der Waals surface area (Å²) in [6, 6.07) is 10.8. The van der Waals surface area contributed by atoms with Gasteiger partial charge in [0.25, 0.3) is 0 Å². The maximum atomic E-state index is 9.21. The van der Waals surface area contributed by atoms with E-state index in [1.165, 1.54) is 0 Å². The first-order valence-corrected chi connectivity index (χ1v) is 6.97. The lowest BCUT2D eigenvalue weighted by atomic mass is 10.1. The number of methoxy groups -OCH3 is 1. The van der Waals surface area contributed by atoms with E-state index in [0.717, 1.165) is 15.7 Å². The monoisotopic (exact) mass is 354 g/mol. The molecule has 6 heteroatoms. The molecule has 0 fully saturated rings. The molecule has 1 heterocycles. The number of hydrogen-bond acceptors (Lipinski definition) is 4. The minimum Gasteiger partial charge on any atom is -0.496 e. The Hall–Kier alpha value is -1.59. The number of rotatable bonds is 4. The average Bonchev–Trinajstić information content (AvgIpc) is 2.44. The smallest absolute Gasteiger partial charge is 0.133 e. The van der Waals surface area contributed by atoms with Crippen LogP contribution in [0.2, 0.25) is 5.15 Å². The van der Waals surface area contributed by atoms with Gasteiger partial charge >= 0.3 is 0 Å². The summed E-state index contributed by atoms with van der Waals surface area (Å²) in [5, 5.41) is 13.0. The Balaban J connectivity index is 2.27. The predicted molar refractivity (Wildman–Crippen MR) is 82.0 cm³/mol. The maximum absolute atomic E-state index is 9.21. The summed E-state index contributed by atoms with van der Waals surface area (Å²) in [7, 11) is 1.59. The Morgan fingerprint density at radius 3 is 2.80 bits per heavy atom. The molecule has 0 aliphatic heterocycles. The van der Waals surface area contributed by atoms with Gasteiger partial charge in [-0.05, 0) is 46.3 Å². The first kappa shape index (κ1) is 14.8. The summed E-state index contributed by atoms with van der Waals surface area (Å²) in [6.45, 7) is 0. The third-order valence-electron chi connectivity index (χ3n) is 2.73. The normalized spacial score (nSPS) is 11.4. The SMILES string of the molecule is COc1ccc(C(Cc2cccc(Cl)n2)=NO)cc1Br. The van der Waals surface area contributed by atoms with Crippen molar-refractivity contribution in [3.63, 3.8) is 0 Å². The van der Waals surface area contributed by atoms with E-state index >= 15 is 0 Å². The second-order valence-corrected chi connectivity index (χ2v) is 5.27. The summed E-state index contributed by atoms with van der Waals surface area (Å²) in [5.74, 6) is 0.715. The summed E-state index contributed by atoms with van der Waals surface area (Å²) in [4.78, 5) is 4.18. The third-order valence-corrected chi connectivity index (χ3v) is 3.56. The molecule has 0 radical (unpaired) electrons. The van der Waals surface area contributed by atoms with Crippen molar-refractivity contribution in [3.8, 4) is 5.75 Å². The highest BCUT2D eigenvalue weighted by molar-refractivity contribution is 9.10. The molecule has 2 aromatic rings. The van der Waals surface area contributed by atoms with E-state index in [2.05, 4.69) is 26.1 Å². The molecule has 20 heavy (non-hydrogen) atoms. The molecule has 1 aromatic heterocycles. The lowest BCUT2D eigenvalue weighted by Gasteiger charge is -2.08. The van der Waals surface area contributed by atoms with Crippen LogP contribution in [0.4, 0.5) is 0 Å². The summed E-state index contributed by atoms with van der Waals surface area (Å²) in [6.07, 6.45) is 0.385. The van der Waals surface area contributed by atoms with Crippen LogP contribution in [0.25, 0.3) is 0 Å². The first-order chi connectivity index (χ1) is 9.63. The van der Waals surface area contributed by atoms with Crippen molar-refractivity contribution in [1.82, 2.24) is 4.98 Å². The number of ether oxygens (including phenoxy) is 1. The van der Waals surface area contributed by atoms with Gasteiger partial charge in [-0.25, -0.2) is 4.98 Å².